The Balaban J connectivity index is 1.86. The van der Waals surface area contributed by atoms with Crippen LogP contribution in [-0.2, 0) is 11.3 Å². The minimum atomic E-state index is -0.593. The molecule has 3 rings (SSSR count). The van der Waals surface area contributed by atoms with Crippen LogP contribution in [0.15, 0.2) is 29.2 Å². The number of hydrogen-bond acceptors (Lipinski definition) is 5. The molecule has 0 fully saturated rings. The number of esters is 1. The Bertz CT molecular complexity index is 1090. The molecule has 0 aliphatic heterocycles. The van der Waals surface area contributed by atoms with Crippen LogP contribution in [0.5, 0.6) is 0 Å². The van der Waals surface area contributed by atoms with Gasteiger partial charge in [0.05, 0.1) is 5.69 Å². The number of ketones is 1. The molecule has 0 amide bonds. The largest absolute Gasteiger partial charge is 0.454 e. The van der Waals surface area contributed by atoms with E-state index >= 15 is 0 Å². The molecule has 134 valence electrons. The van der Waals surface area contributed by atoms with Crippen LogP contribution in [0.1, 0.15) is 50.3 Å². The van der Waals surface area contributed by atoms with Crippen LogP contribution in [0.25, 0.3) is 5.65 Å². The van der Waals surface area contributed by atoms with Gasteiger partial charge >= 0.3 is 5.97 Å². The summed E-state index contributed by atoms with van der Waals surface area (Å²) in [5.74, 6) is -0.708. The van der Waals surface area contributed by atoms with Gasteiger partial charge in [0.15, 0.2) is 5.78 Å². The lowest BCUT2D eigenvalue weighted by atomic mass is 10.1. The molecule has 0 radical (unpaired) electrons. The molecule has 0 spiro atoms. The summed E-state index contributed by atoms with van der Waals surface area (Å²) >= 11 is 0. The molecule has 0 saturated heterocycles. The predicted octanol–water partition coefficient (Wildman–Crippen LogP) is 2.51. The highest BCUT2D eigenvalue weighted by atomic mass is 16.5. The second-order valence-corrected chi connectivity index (χ2v) is 6.23. The zero-order chi connectivity index (χ0) is 19.0. The summed E-state index contributed by atoms with van der Waals surface area (Å²) in [6.45, 7) is 6.60. The average Bonchev–Trinajstić information content (AvgIpc) is 2.88. The minimum Gasteiger partial charge on any atom is -0.454 e. The van der Waals surface area contributed by atoms with Crippen LogP contribution in [0.3, 0.4) is 0 Å². The Kier molecular flexibility index (Phi) is 4.46. The molecule has 3 heterocycles. The molecule has 7 heteroatoms. The molecule has 3 aromatic heterocycles. The number of H-pyrrole nitrogens is 1. The third kappa shape index (κ3) is 3.03. The first-order valence-electron chi connectivity index (χ1n) is 8.14. The number of hydrogen-bond donors (Lipinski definition) is 1. The van der Waals surface area contributed by atoms with E-state index in [1.165, 1.54) is 17.4 Å². The van der Waals surface area contributed by atoms with E-state index in [2.05, 4.69) is 9.97 Å². The maximum Gasteiger partial charge on any atom is 0.355 e. The molecular formula is C19H19N3O4. The van der Waals surface area contributed by atoms with Crippen molar-refractivity contribution in [3.63, 3.8) is 0 Å². The van der Waals surface area contributed by atoms with Crippen molar-refractivity contribution in [2.24, 2.45) is 0 Å². The Labute approximate surface area is 149 Å². The molecule has 0 aliphatic carbocycles. The second-order valence-electron chi connectivity index (χ2n) is 6.23. The van der Waals surface area contributed by atoms with Crippen LogP contribution in [0.2, 0.25) is 0 Å². The first-order chi connectivity index (χ1) is 12.3. The van der Waals surface area contributed by atoms with Crippen molar-refractivity contribution in [2.45, 2.75) is 34.3 Å². The van der Waals surface area contributed by atoms with Crippen molar-refractivity contribution < 1.29 is 14.3 Å². The third-order valence-electron chi connectivity index (χ3n) is 4.28. The molecule has 0 bridgehead atoms. The number of carbonyl (C=O) groups excluding carboxylic acids is 2. The highest BCUT2D eigenvalue weighted by Gasteiger charge is 2.21. The summed E-state index contributed by atoms with van der Waals surface area (Å²) in [4.78, 5) is 43.5. The van der Waals surface area contributed by atoms with Gasteiger partial charge in [-0.3, -0.25) is 14.0 Å². The van der Waals surface area contributed by atoms with Crippen LogP contribution >= 0.6 is 0 Å². The van der Waals surface area contributed by atoms with Crippen molar-refractivity contribution in [3.8, 4) is 0 Å². The van der Waals surface area contributed by atoms with E-state index in [0.717, 1.165) is 5.56 Å². The van der Waals surface area contributed by atoms with E-state index in [1.54, 1.807) is 26.1 Å². The first kappa shape index (κ1) is 17.6. The maximum absolute atomic E-state index is 12.4. The quantitative estimate of drug-likeness (QED) is 0.574. The fourth-order valence-electron chi connectivity index (χ4n) is 3.08. The smallest absolute Gasteiger partial charge is 0.355 e. The van der Waals surface area contributed by atoms with Crippen molar-refractivity contribution in [1.29, 1.82) is 0 Å². The number of ether oxygens (including phenoxy) is 1. The van der Waals surface area contributed by atoms with Crippen molar-refractivity contribution in [1.82, 2.24) is 14.4 Å². The molecule has 3 aromatic rings. The number of carbonyl (C=O) groups is 2. The van der Waals surface area contributed by atoms with Gasteiger partial charge in [0.2, 0.25) is 0 Å². The van der Waals surface area contributed by atoms with Crippen molar-refractivity contribution in [2.75, 3.05) is 0 Å². The molecule has 0 saturated carbocycles. The zero-order valence-corrected chi connectivity index (χ0v) is 15.0. The fourth-order valence-corrected chi connectivity index (χ4v) is 3.08. The van der Waals surface area contributed by atoms with E-state index in [1.807, 2.05) is 13.0 Å². The minimum absolute atomic E-state index is 0.116. The van der Waals surface area contributed by atoms with E-state index in [9.17, 15) is 14.4 Å². The Hall–Kier alpha value is -3.22. The predicted molar refractivity (Wildman–Crippen MR) is 95.6 cm³/mol. The third-order valence-corrected chi connectivity index (χ3v) is 4.28. The van der Waals surface area contributed by atoms with Crippen molar-refractivity contribution >= 4 is 17.4 Å². The standard InChI is InChI=1S/C19H19N3O4/c1-10-6-5-7-22-15(24)8-14(21-18(10)22)9-26-19(25)17-11(2)16(13(4)23)12(3)20-17/h5-8,20H,9H2,1-4H3. The summed E-state index contributed by atoms with van der Waals surface area (Å²) < 4.78 is 6.74. The number of fused-ring (bicyclic) bond motifs is 1. The average molecular weight is 353 g/mol. The number of rotatable bonds is 4. The lowest BCUT2D eigenvalue weighted by Gasteiger charge is -2.07. The van der Waals surface area contributed by atoms with Gasteiger partial charge in [-0.1, -0.05) is 6.07 Å². The number of aryl methyl sites for hydroxylation is 2. The summed E-state index contributed by atoms with van der Waals surface area (Å²) in [5, 5.41) is 0. The summed E-state index contributed by atoms with van der Waals surface area (Å²) in [7, 11) is 0. The van der Waals surface area contributed by atoms with Crippen LogP contribution in [0.4, 0.5) is 0 Å². The fraction of sp³-hybridized carbons (Fsp3) is 0.263. The molecule has 26 heavy (non-hydrogen) atoms. The number of Topliss-reactive ketones (excluding diaryl/α,β-unsaturated/α-hetero) is 1. The summed E-state index contributed by atoms with van der Waals surface area (Å²) in [6, 6.07) is 4.97. The van der Waals surface area contributed by atoms with E-state index in [-0.39, 0.29) is 23.6 Å². The van der Waals surface area contributed by atoms with Gasteiger partial charge in [-0.15, -0.1) is 0 Å². The number of aromatic amines is 1. The SMILES string of the molecule is CC(=O)c1c(C)[nH]c(C(=O)OCc2cc(=O)n3cccc(C)c3n2)c1C. The number of aromatic nitrogens is 3. The highest BCUT2D eigenvalue weighted by molar-refractivity contribution is 6.01. The normalized spacial score (nSPS) is 10.9. The molecule has 0 aliphatic rings. The van der Waals surface area contributed by atoms with Gasteiger partial charge in [0.1, 0.15) is 17.9 Å². The van der Waals surface area contributed by atoms with Gasteiger partial charge < -0.3 is 9.72 Å². The molecule has 0 aromatic carbocycles. The highest BCUT2D eigenvalue weighted by Crippen LogP contribution is 2.19. The van der Waals surface area contributed by atoms with Crippen LogP contribution in [-0.4, -0.2) is 26.1 Å². The first-order valence-corrected chi connectivity index (χ1v) is 8.14. The Morgan fingerprint density at radius 1 is 1.27 bits per heavy atom. The van der Waals surface area contributed by atoms with E-state index in [0.29, 0.717) is 28.2 Å². The molecule has 1 N–H and O–H groups in total. The zero-order valence-electron chi connectivity index (χ0n) is 15.0. The number of nitrogens with one attached hydrogen (secondary N) is 1. The number of nitrogens with zero attached hydrogens (tertiary/aromatic N) is 2. The lowest BCUT2D eigenvalue weighted by molar-refractivity contribution is 0.0460. The Morgan fingerprint density at radius 3 is 2.65 bits per heavy atom. The molecule has 7 nitrogen and oxygen atoms in total. The Morgan fingerprint density at radius 2 is 2.00 bits per heavy atom. The maximum atomic E-state index is 12.4. The monoisotopic (exact) mass is 353 g/mol. The second kappa shape index (κ2) is 6.59. The van der Waals surface area contributed by atoms with Gasteiger partial charge in [0, 0.05) is 23.5 Å². The van der Waals surface area contributed by atoms with Gasteiger partial charge in [0.25, 0.3) is 5.56 Å². The van der Waals surface area contributed by atoms with Gasteiger partial charge in [-0.25, -0.2) is 9.78 Å². The van der Waals surface area contributed by atoms with Gasteiger partial charge in [-0.2, -0.15) is 0 Å². The molecular weight excluding hydrogens is 334 g/mol. The number of pyridine rings is 1. The topological polar surface area (TPSA) is 93.5 Å². The van der Waals surface area contributed by atoms with Crippen LogP contribution < -0.4 is 5.56 Å². The summed E-state index contributed by atoms with van der Waals surface area (Å²) in [5.41, 5.74) is 3.41. The van der Waals surface area contributed by atoms with Crippen molar-refractivity contribution in [3.05, 3.63) is 68.5 Å². The van der Waals surface area contributed by atoms with Gasteiger partial charge in [-0.05, 0) is 44.9 Å². The van der Waals surface area contributed by atoms with E-state index in [4.69, 9.17) is 4.74 Å². The summed E-state index contributed by atoms with van der Waals surface area (Å²) in [6.07, 6.45) is 1.64. The van der Waals surface area contributed by atoms with E-state index < -0.39 is 5.97 Å². The molecule has 0 atom stereocenters. The lowest BCUT2D eigenvalue weighted by Crippen LogP contribution is -2.17. The molecule has 0 unspecified atom stereocenters. The van der Waals surface area contributed by atoms with Crippen LogP contribution in [0, 0.1) is 20.8 Å².